The van der Waals surface area contributed by atoms with E-state index in [-0.39, 0.29) is 0 Å². The number of benzene rings is 1. The molecule has 0 aliphatic heterocycles. The summed E-state index contributed by atoms with van der Waals surface area (Å²) in [6.07, 6.45) is 0. The van der Waals surface area contributed by atoms with Crippen molar-refractivity contribution in [3.05, 3.63) is 30.3 Å². The number of phenols is 1. The third-order valence-electron chi connectivity index (χ3n) is 1.88. The average Bonchev–Trinajstić information content (AvgIpc) is 2.46. The first kappa shape index (κ1) is 19.9. The number of aromatic hydroxyl groups is 1. The lowest BCUT2D eigenvalue weighted by molar-refractivity contribution is -0.0979. The summed E-state index contributed by atoms with van der Waals surface area (Å²) >= 11 is 0. The van der Waals surface area contributed by atoms with Crippen molar-refractivity contribution in [1.29, 1.82) is 0 Å². The van der Waals surface area contributed by atoms with Crippen LogP contribution in [0.15, 0.2) is 30.3 Å². The lowest BCUT2D eigenvalue weighted by Crippen LogP contribution is -2.32. The molecule has 0 fully saturated rings. The van der Waals surface area contributed by atoms with E-state index in [2.05, 4.69) is 10.6 Å². The molecule has 0 aliphatic carbocycles. The molecule has 0 heterocycles. The van der Waals surface area contributed by atoms with Gasteiger partial charge in [-0.1, -0.05) is 18.2 Å². The Morgan fingerprint density at radius 3 is 1.58 bits per heavy atom. The van der Waals surface area contributed by atoms with Gasteiger partial charge < -0.3 is 32.0 Å². The van der Waals surface area contributed by atoms with Gasteiger partial charge in [-0.2, -0.15) is 0 Å². The summed E-state index contributed by atoms with van der Waals surface area (Å²) in [5.41, 5.74) is 10.5. The Hall–Kier alpha value is -1.47. The van der Waals surface area contributed by atoms with Crippen molar-refractivity contribution in [3.63, 3.8) is 0 Å². The van der Waals surface area contributed by atoms with Gasteiger partial charge in [0.25, 0.3) is 0 Å². The van der Waals surface area contributed by atoms with Gasteiger partial charge in [-0.3, -0.25) is 0 Å². The molecular formula is C13H26N4O2. The maximum absolute atomic E-state index is 8.63. The number of nitrogens with two attached hydrogens (primary N) is 2. The lowest BCUT2D eigenvalue weighted by atomic mass is 10.3. The Kier molecular flexibility index (Phi) is 19.7. The topological polar surface area (TPSA) is 113 Å². The minimum atomic E-state index is 0.322. The molecule has 0 saturated carbocycles. The van der Waals surface area contributed by atoms with Gasteiger partial charge in [0.15, 0.2) is 0 Å². The van der Waals surface area contributed by atoms with E-state index in [4.69, 9.17) is 21.4 Å². The highest BCUT2D eigenvalue weighted by Crippen LogP contribution is 2.02. The van der Waals surface area contributed by atoms with Crippen LogP contribution in [0.1, 0.15) is 0 Å². The monoisotopic (exact) mass is 270 g/mol. The number of carbonyl (C=O) groups is 1. The Morgan fingerprint density at radius 1 is 0.895 bits per heavy atom. The van der Waals surface area contributed by atoms with Crippen molar-refractivity contribution in [2.75, 3.05) is 39.3 Å². The van der Waals surface area contributed by atoms with E-state index in [9.17, 15) is 0 Å². The summed E-state index contributed by atoms with van der Waals surface area (Å²) in [7, 11) is 0. The standard InChI is InChI=1S/C6H18N4.C6H6O.CH2O/c7-1-3-9-5-6-10-4-2-8;7-6-4-2-1-3-5-6;1-2/h9-10H,1-8H2;1-5,7H;1H2. The van der Waals surface area contributed by atoms with Gasteiger partial charge in [-0.25, -0.2) is 0 Å². The smallest absolute Gasteiger partial charge is 0.115 e. The van der Waals surface area contributed by atoms with Crippen LogP contribution in [0.4, 0.5) is 0 Å². The molecule has 1 rings (SSSR count). The van der Waals surface area contributed by atoms with Crippen molar-refractivity contribution in [2.45, 2.75) is 0 Å². The van der Waals surface area contributed by atoms with Gasteiger partial charge >= 0.3 is 0 Å². The van der Waals surface area contributed by atoms with Crippen LogP contribution in [0, 0.1) is 0 Å². The molecule has 110 valence electrons. The van der Waals surface area contributed by atoms with E-state index in [1.807, 2.05) is 12.9 Å². The van der Waals surface area contributed by atoms with E-state index in [0.717, 1.165) is 26.2 Å². The molecule has 0 radical (unpaired) electrons. The highest BCUT2D eigenvalue weighted by Gasteiger charge is 1.83. The second-order valence-corrected chi connectivity index (χ2v) is 3.41. The molecule has 0 saturated heterocycles. The normalized spacial score (nSPS) is 8.74. The van der Waals surface area contributed by atoms with Crippen molar-refractivity contribution in [1.82, 2.24) is 10.6 Å². The third-order valence-corrected chi connectivity index (χ3v) is 1.88. The Labute approximate surface area is 115 Å². The number of hydrogen-bond donors (Lipinski definition) is 5. The minimum absolute atomic E-state index is 0.322. The molecule has 0 atom stereocenters. The summed E-state index contributed by atoms with van der Waals surface area (Å²) in [6.45, 7) is 7.14. The third kappa shape index (κ3) is 19.1. The zero-order valence-electron chi connectivity index (χ0n) is 11.3. The number of carbonyl (C=O) groups excluding carboxylic acids is 1. The summed E-state index contributed by atoms with van der Waals surface area (Å²) in [4.78, 5) is 8.00. The van der Waals surface area contributed by atoms with Gasteiger partial charge in [0, 0.05) is 39.3 Å². The van der Waals surface area contributed by atoms with E-state index in [1.165, 1.54) is 0 Å². The first-order valence-corrected chi connectivity index (χ1v) is 6.15. The number of hydrogen-bond acceptors (Lipinski definition) is 6. The zero-order chi connectivity index (χ0) is 14.8. The highest BCUT2D eigenvalue weighted by molar-refractivity contribution is 5.18. The molecule has 6 heteroatoms. The summed E-state index contributed by atoms with van der Waals surface area (Å²) < 4.78 is 0. The van der Waals surface area contributed by atoms with Crippen LogP contribution in [0.3, 0.4) is 0 Å². The van der Waals surface area contributed by atoms with Gasteiger partial charge in [-0.15, -0.1) is 0 Å². The van der Waals surface area contributed by atoms with Crippen LogP contribution in [0.25, 0.3) is 0 Å². The Balaban J connectivity index is 0. The van der Waals surface area contributed by atoms with Crippen LogP contribution >= 0.6 is 0 Å². The van der Waals surface area contributed by atoms with E-state index in [0.29, 0.717) is 18.8 Å². The highest BCUT2D eigenvalue weighted by atomic mass is 16.3. The van der Waals surface area contributed by atoms with Gasteiger partial charge in [0.2, 0.25) is 0 Å². The van der Waals surface area contributed by atoms with Crippen molar-refractivity contribution < 1.29 is 9.90 Å². The molecule has 7 N–H and O–H groups in total. The first-order chi connectivity index (χ1) is 9.31. The Bertz CT molecular complexity index is 252. The van der Waals surface area contributed by atoms with Crippen molar-refractivity contribution >= 4 is 6.79 Å². The maximum Gasteiger partial charge on any atom is 0.115 e. The molecule has 0 bridgehead atoms. The fourth-order valence-electron chi connectivity index (χ4n) is 1.06. The molecular weight excluding hydrogens is 244 g/mol. The van der Waals surface area contributed by atoms with Crippen LogP contribution in [-0.4, -0.2) is 51.2 Å². The first-order valence-electron chi connectivity index (χ1n) is 6.15. The second kappa shape index (κ2) is 18.9. The molecule has 19 heavy (non-hydrogen) atoms. The van der Waals surface area contributed by atoms with Crippen LogP contribution in [0.2, 0.25) is 0 Å². The molecule has 1 aromatic rings. The fourth-order valence-corrected chi connectivity index (χ4v) is 1.06. The molecule has 0 unspecified atom stereocenters. The molecule has 0 aliphatic rings. The van der Waals surface area contributed by atoms with Crippen molar-refractivity contribution in [2.24, 2.45) is 11.5 Å². The quantitative estimate of drug-likeness (QED) is 0.418. The summed E-state index contributed by atoms with van der Waals surface area (Å²) in [5.74, 6) is 0.322. The van der Waals surface area contributed by atoms with Crippen LogP contribution in [-0.2, 0) is 4.79 Å². The number of para-hydroxylation sites is 1. The molecule has 0 aromatic heterocycles. The largest absolute Gasteiger partial charge is 0.508 e. The molecule has 1 aromatic carbocycles. The lowest BCUT2D eigenvalue weighted by Gasteiger charge is -2.03. The van der Waals surface area contributed by atoms with Crippen LogP contribution in [0.5, 0.6) is 5.75 Å². The van der Waals surface area contributed by atoms with Crippen molar-refractivity contribution in [3.8, 4) is 5.75 Å². The predicted octanol–water partition coefficient (Wildman–Crippen LogP) is -0.710. The van der Waals surface area contributed by atoms with Gasteiger partial charge in [0.1, 0.15) is 12.5 Å². The van der Waals surface area contributed by atoms with Crippen LogP contribution < -0.4 is 22.1 Å². The van der Waals surface area contributed by atoms with E-state index < -0.39 is 0 Å². The van der Waals surface area contributed by atoms with Gasteiger partial charge in [0.05, 0.1) is 0 Å². The zero-order valence-corrected chi connectivity index (χ0v) is 11.3. The predicted molar refractivity (Wildman–Crippen MR) is 79.1 cm³/mol. The van der Waals surface area contributed by atoms with Gasteiger partial charge in [-0.05, 0) is 12.1 Å². The SMILES string of the molecule is C=O.NCCNCCNCCN.Oc1ccccc1. The molecule has 6 nitrogen and oxygen atoms in total. The molecule has 0 spiro atoms. The van der Waals surface area contributed by atoms with E-state index in [1.54, 1.807) is 24.3 Å². The number of phenolic OH excluding ortho intramolecular Hbond substituents is 1. The summed E-state index contributed by atoms with van der Waals surface area (Å²) in [6, 6.07) is 8.71. The average molecular weight is 270 g/mol. The minimum Gasteiger partial charge on any atom is -0.508 e. The Morgan fingerprint density at radius 2 is 1.32 bits per heavy atom. The second-order valence-electron chi connectivity index (χ2n) is 3.41. The fraction of sp³-hybridized carbons (Fsp3) is 0.462. The number of rotatable bonds is 7. The van der Waals surface area contributed by atoms with E-state index >= 15 is 0 Å². The maximum atomic E-state index is 8.63. The number of nitrogens with one attached hydrogen (secondary N) is 2. The molecule has 0 amide bonds. The summed E-state index contributed by atoms with van der Waals surface area (Å²) in [5, 5.41) is 15.0.